The van der Waals surface area contributed by atoms with Gasteiger partial charge in [0.05, 0.1) is 5.52 Å². The van der Waals surface area contributed by atoms with Crippen molar-refractivity contribution in [3.05, 3.63) is 58.1 Å². The van der Waals surface area contributed by atoms with Crippen molar-refractivity contribution < 1.29 is 0 Å². The highest BCUT2D eigenvalue weighted by Crippen LogP contribution is 2.43. The van der Waals surface area contributed by atoms with E-state index in [0.717, 1.165) is 13.0 Å². The summed E-state index contributed by atoms with van der Waals surface area (Å²) < 4.78 is 3.81. The molecular weight excluding hydrogens is 334 g/mol. The molecule has 22 heavy (non-hydrogen) atoms. The lowest BCUT2D eigenvalue weighted by Crippen LogP contribution is -2.08. The van der Waals surface area contributed by atoms with Gasteiger partial charge in [-0.25, -0.2) is 0 Å². The number of aryl methyl sites for hydroxylation is 3. The first-order chi connectivity index (χ1) is 10.8. The van der Waals surface area contributed by atoms with Crippen LogP contribution >= 0.6 is 15.9 Å². The highest BCUT2D eigenvalue weighted by molar-refractivity contribution is 9.10. The fraction of sp³-hybridized carbons (Fsp3) is 0.200. The minimum Gasteiger partial charge on any atom is -0.340 e. The smallest absolute Gasteiger partial charge is 0.0541 e. The van der Waals surface area contributed by atoms with Gasteiger partial charge >= 0.3 is 0 Å². The molecule has 4 aromatic rings. The minimum absolute atomic E-state index is 1.13. The second-order valence-corrected chi connectivity index (χ2v) is 7.13. The Hall–Kier alpha value is -1.80. The van der Waals surface area contributed by atoms with Gasteiger partial charge in [-0.05, 0) is 58.1 Å². The lowest BCUT2D eigenvalue weighted by atomic mass is 9.95. The van der Waals surface area contributed by atoms with E-state index in [9.17, 15) is 0 Å². The molecule has 1 nitrogen and oxygen atoms in total. The number of fused-ring (bicyclic) bond motifs is 5. The lowest BCUT2D eigenvalue weighted by Gasteiger charge is -2.19. The number of hydrogen-bond donors (Lipinski definition) is 0. The van der Waals surface area contributed by atoms with Gasteiger partial charge in [-0.2, -0.15) is 0 Å². The van der Waals surface area contributed by atoms with Gasteiger partial charge in [0.25, 0.3) is 0 Å². The standard InChI is InChI=1S/C20H16BrN/c1-12-8-9-13-16(11-12)18-14-5-2-3-7-17(14)22-10-4-6-15(19(13)21)20(18)22/h2-3,5,7-9,11H,4,6,10H2,1H3. The molecular formula is C20H16BrN. The predicted octanol–water partition coefficient (Wildman–Crippen LogP) is 5.96. The number of hydrogen-bond acceptors (Lipinski definition) is 0. The van der Waals surface area contributed by atoms with Gasteiger partial charge in [0.1, 0.15) is 0 Å². The van der Waals surface area contributed by atoms with Crippen molar-refractivity contribution in [2.24, 2.45) is 0 Å². The molecule has 0 saturated carbocycles. The van der Waals surface area contributed by atoms with E-state index in [1.807, 2.05) is 0 Å². The van der Waals surface area contributed by atoms with E-state index < -0.39 is 0 Å². The summed E-state index contributed by atoms with van der Waals surface area (Å²) >= 11 is 3.90. The van der Waals surface area contributed by atoms with Crippen molar-refractivity contribution in [2.75, 3.05) is 0 Å². The number of nitrogens with zero attached hydrogens (tertiary/aromatic N) is 1. The minimum atomic E-state index is 1.13. The molecule has 3 aromatic carbocycles. The second kappa shape index (κ2) is 4.36. The molecule has 5 rings (SSSR count). The maximum Gasteiger partial charge on any atom is 0.0541 e. The maximum atomic E-state index is 3.90. The van der Waals surface area contributed by atoms with E-state index in [-0.39, 0.29) is 0 Å². The Labute approximate surface area is 137 Å². The van der Waals surface area contributed by atoms with Crippen LogP contribution in [0.15, 0.2) is 46.9 Å². The summed E-state index contributed by atoms with van der Waals surface area (Å²) in [5.74, 6) is 0. The normalized spacial score (nSPS) is 14.3. The van der Waals surface area contributed by atoms with Gasteiger partial charge in [-0.15, -0.1) is 0 Å². The van der Waals surface area contributed by atoms with Gasteiger partial charge in [-0.1, -0.05) is 42.0 Å². The topological polar surface area (TPSA) is 4.93 Å². The maximum absolute atomic E-state index is 3.90. The molecule has 2 heterocycles. The SMILES string of the molecule is Cc1ccc2c(Br)c3c4c(c2c1)c1ccccc1n4CCC3. The van der Waals surface area contributed by atoms with Crippen molar-refractivity contribution in [2.45, 2.75) is 26.3 Å². The van der Waals surface area contributed by atoms with Crippen molar-refractivity contribution in [1.29, 1.82) is 0 Å². The van der Waals surface area contributed by atoms with Crippen LogP contribution in [0.3, 0.4) is 0 Å². The fourth-order valence-corrected chi connectivity index (χ4v) is 4.82. The zero-order chi connectivity index (χ0) is 14.8. The number of rotatable bonds is 0. The van der Waals surface area contributed by atoms with Gasteiger partial charge in [0.15, 0.2) is 0 Å². The molecule has 0 radical (unpaired) electrons. The van der Waals surface area contributed by atoms with Gasteiger partial charge in [0, 0.05) is 27.3 Å². The highest BCUT2D eigenvalue weighted by Gasteiger charge is 2.22. The van der Waals surface area contributed by atoms with Gasteiger partial charge < -0.3 is 4.57 Å². The average Bonchev–Trinajstić information content (AvgIpc) is 2.88. The molecule has 0 spiro atoms. The molecule has 0 atom stereocenters. The molecule has 0 saturated heterocycles. The molecule has 0 unspecified atom stereocenters. The molecule has 1 aliphatic rings. The van der Waals surface area contributed by atoms with Crippen LogP contribution in [0.1, 0.15) is 17.5 Å². The van der Waals surface area contributed by atoms with Crippen LogP contribution in [-0.4, -0.2) is 4.57 Å². The Morgan fingerprint density at radius 1 is 1.00 bits per heavy atom. The summed E-state index contributed by atoms with van der Waals surface area (Å²) in [6.07, 6.45) is 2.38. The van der Waals surface area contributed by atoms with Crippen molar-refractivity contribution in [3.8, 4) is 0 Å². The van der Waals surface area contributed by atoms with Crippen LogP contribution in [0.2, 0.25) is 0 Å². The molecule has 0 bridgehead atoms. The highest BCUT2D eigenvalue weighted by atomic mass is 79.9. The molecule has 0 aliphatic carbocycles. The van der Waals surface area contributed by atoms with Crippen molar-refractivity contribution >= 4 is 48.5 Å². The van der Waals surface area contributed by atoms with Crippen LogP contribution in [-0.2, 0) is 13.0 Å². The van der Waals surface area contributed by atoms with E-state index >= 15 is 0 Å². The van der Waals surface area contributed by atoms with E-state index in [2.05, 4.69) is 69.9 Å². The first-order valence-corrected chi connectivity index (χ1v) is 8.66. The lowest BCUT2D eigenvalue weighted by molar-refractivity contribution is 0.650. The van der Waals surface area contributed by atoms with Crippen LogP contribution in [0.4, 0.5) is 0 Å². The zero-order valence-electron chi connectivity index (χ0n) is 12.5. The van der Waals surface area contributed by atoms with E-state index in [4.69, 9.17) is 0 Å². The summed E-state index contributed by atoms with van der Waals surface area (Å²) in [5.41, 5.74) is 5.62. The van der Waals surface area contributed by atoms with Crippen LogP contribution in [0.25, 0.3) is 32.6 Å². The molecule has 1 aromatic heterocycles. The largest absolute Gasteiger partial charge is 0.340 e. The van der Waals surface area contributed by atoms with Gasteiger partial charge in [0.2, 0.25) is 0 Å². The van der Waals surface area contributed by atoms with E-state index in [0.29, 0.717) is 0 Å². The number of para-hydroxylation sites is 1. The fourth-order valence-electron chi connectivity index (χ4n) is 4.09. The number of aromatic nitrogens is 1. The summed E-state index contributed by atoms with van der Waals surface area (Å²) in [7, 11) is 0. The molecule has 0 N–H and O–H groups in total. The zero-order valence-corrected chi connectivity index (χ0v) is 14.1. The van der Waals surface area contributed by atoms with Crippen molar-refractivity contribution in [1.82, 2.24) is 4.57 Å². The Bertz CT molecular complexity index is 1070. The third-order valence-corrected chi connectivity index (χ3v) is 5.92. The average molecular weight is 350 g/mol. The molecule has 0 fully saturated rings. The summed E-state index contributed by atoms with van der Waals surface area (Å²) in [6, 6.07) is 15.7. The predicted molar refractivity (Wildman–Crippen MR) is 97.7 cm³/mol. The third-order valence-electron chi connectivity index (χ3n) is 5.01. The third kappa shape index (κ3) is 1.49. The Morgan fingerprint density at radius 2 is 1.86 bits per heavy atom. The number of benzene rings is 3. The van der Waals surface area contributed by atoms with E-state index in [1.165, 1.54) is 54.6 Å². The van der Waals surface area contributed by atoms with Gasteiger partial charge in [-0.3, -0.25) is 0 Å². The van der Waals surface area contributed by atoms with Crippen molar-refractivity contribution in [3.63, 3.8) is 0 Å². The number of halogens is 1. The second-order valence-electron chi connectivity index (χ2n) is 6.34. The summed E-state index contributed by atoms with van der Waals surface area (Å²) in [6.45, 7) is 3.30. The Morgan fingerprint density at radius 3 is 2.77 bits per heavy atom. The molecule has 0 amide bonds. The quantitative estimate of drug-likeness (QED) is 0.368. The monoisotopic (exact) mass is 349 g/mol. The first-order valence-electron chi connectivity index (χ1n) is 7.87. The summed E-state index contributed by atoms with van der Waals surface area (Å²) in [4.78, 5) is 0. The Balaban J connectivity index is 2.19. The molecule has 2 heteroatoms. The summed E-state index contributed by atoms with van der Waals surface area (Å²) in [5, 5.41) is 5.55. The first kappa shape index (κ1) is 12.7. The van der Waals surface area contributed by atoms with E-state index in [1.54, 1.807) is 0 Å². The Kier molecular flexibility index (Phi) is 2.52. The van der Waals surface area contributed by atoms with Crippen LogP contribution < -0.4 is 0 Å². The van der Waals surface area contributed by atoms with Crippen LogP contribution in [0, 0.1) is 6.92 Å². The molecule has 1 aliphatic heterocycles. The molecule has 108 valence electrons. The van der Waals surface area contributed by atoms with Crippen LogP contribution in [0.5, 0.6) is 0 Å².